The molecule has 0 fully saturated rings. The highest BCUT2D eigenvalue weighted by Gasteiger charge is 2.82. The third kappa shape index (κ3) is 10.7. The molecule has 270 valence electrons. The third-order valence-corrected chi connectivity index (χ3v) is 6.02. The highest BCUT2D eigenvalue weighted by Crippen LogP contribution is 2.53. The van der Waals surface area contributed by atoms with Crippen molar-refractivity contribution in [3.8, 4) is 11.5 Å². The van der Waals surface area contributed by atoms with Crippen LogP contribution in [0.15, 0.2) is 48.5 Å². The number of nitrogens with zero attached hydrogens (tertiary/aromatic N) is 1. The van der Waals surface area contributed by atoms with Crippen LogP contribution in [0.4, 0.5) is 63.2 Å². The Labute approximate surface area is 263 Å². The lowest BCUT2D eigenvalue weighted by Gasteiger charge is -2.33. The predicted octanol–water partition coefficient (Wildman–Crippen LogP) is 6.97. The number of amides is 2. The smallest absolute Gasteiger partial charge is 0.492 e. The minimum absolute atomic E-state index is 0.0322. The van der Waals surface area contributed by atoms with E-state index in [0.717, 1.165) is 24.3 Å². The second kappa shape index (κ2) is 15.8. The van der Waals surface area contributed by atoms with Gasteiger partial charge in [-0.1, -0.05) is 24.3 Å². The first-order valence-electron chi connectivity index (χ1n) is 13.3. The van der Waals surface area contributed by atoms with Gasteiger partial charge in [0, 0.05) is 19.6 Å². The van der Waals surface area contributed by atoms with E-state index in [1.54, 1.807) is 6.92 Å². The Morgan fingerprint density at radius 2 is 1.42 bits per heavy atom. The Morgan fingerprint density at radius 1 is 0.833 bits per heavy atom. The van der Waals surface area contributed by atoms with Crippen LogP contribution in [0.1, 0.15) is 12.5 Å². The molecule has 2 aromatic carbocycles. The topological polar surface area (TPSA) is 107 Å². The molecule has 2 aromatic rings. The first-order valence-corrected chi connectivity index (χ1v) is 13.3. The molecule has 2 amide bonds. The van der Waals surface area contributed by atoms with Crippen LogP contribution < -0.4 is 14.8 Å². The fourth-order valence-electron chi connectivity index (χ4n) is 3.66. The maximum atomic E-state index is 13.8. The molecule has 2 N–H and O–H groups in total. The zero-order valence-electron chi connectivity index (χ0n) is 24.3. The van der Waals surface area contributed by atoms with E-state index in [0.29, 0.717) is 10.5 Å². The van der Waals surface area contributed by atoms with Gasteiger partial charge in [-0.2, -0.15) is 39.5 Å². The Bertz CT molecular complexity index is 1360. The van der Waals surface area contributed by atoms with Gasteiger partial charge in [0.25, 0.3) is 0 Å². The van der Waals surface area contributed by atoms with Gasteiger partial charge in [0.1, 0.15) is 12.4 Å². The number of hydrogen-bond acceptors (Lipinski definition) is 6. The molecular formula is C27H26F12N2O7. The zero-order valence-corrected chi connectivity index (χ0v) is 24.3. The highest BCUT2D eigenvalue weighted by atomic mass is 19.4. The van der Waals surface area contributed by atoms with Gasteiger partial charge in [-0.05, 0) is 36.8 Å². The van der Waals surface area contributed by atoms with E-state index >= 15 is 0 Å². The molecule has 0 aliphatic rings. The summed E-state index contributed by atoms with van der Waals surface area (Å²) in [5, 5.41) is 11.1. The van der Waals surface area contributed by atoms with Crippen LogP contribution in [0.3, 0.4) is 0 Å². The van der Waals surface area contributed by atoms with Gasteiger partial charge >= 0.3 is 42.5 Å². The van der Waals surface area contributed by atoms with Crippen molar-refractivity contribution in [2.45, 2.75) is 49.9 Å². The summed E-state index contributed by atoms with van der Waals surface area (Å²) >= 11 is 0. The summed E-state index contributed by atoms with van der Waals surface area (Å²) in [5.41, 5.74) is -0.134. The summed E-state index contributed by atoms with van der Waals surface area (Å²) in [6, 6.07) is 8.10. The number of ether oxygens (including phenoxy) is 4. The van der Waals surface area contributed by atoms with Crippen LogP contribution in [0.2, 0.25) is 0 Å². The van der Waals surface area contributed by atoms with E-state index in [-0.39, 0.29) is 18.8 Å². The highest BCUT2D eigenvalue weighted by molar-refractivity contribution is 5.91. The fourth-order valence-corrected chi connectivity index (χ4v) is 3.66. The number of anilines is 1. The molecule has 0 radical (unpaired) electrons. The lowest BCUT2D eigenvalue weighted by atomic mass is 10.1. The number of hydrogen-bond donors (Lipinski definition) is 2. The van der Waals surface area contributed by atoms with Crippen LogP contribution in [0.25, 0.3) is 0 Å². The lowest BCUT2D eigenvalue weighted by Crippen LogP contribution is -2.62. The number of para-hydroxylation sites is 2. The number of carboxylic acid groups (broad SMARTS) is 1. The lowest BCUT2D eigenvalue weighted by molar-refractivity contribution is -0.443. The molecule has 0 saturated heterocycles. The SMILES string of the molecule is CCOC(Cc1ccc(OCCN(CCOC(F)(F)C(F)(F)C(F)(F)C(F)(F)F)C(=O)Nc2ccccc2OC(F)(F)F)cc1)C(=O)O. The van der Waals surface area contributed by atoms with Crippen LogP contribution >= 0.6 is 0 Å². The quantitative estimate of drug-likeness (QED) is 0.170. The first-order chi connectivity index (χ1) is 22.0. The zero-order chi connectivity index (χ0) is 36.6. The number of carbonyl (C=O) groups is 2. The number of alkyl halides is 12. The number of carboxylic acids is 1. The Kier molecular flexibility index (Phi) is 13.2. The van der Waals surface area contributed by atoms with Crippen LogP contribution in [0.5, 0.6) is 11.5 Å². The molecule has 48 heavy (non-hydrogen) atoms. The first kappa shape index (κ1) is 40.0. The van der Waals surface area contributed by atoms with Gasteiger partial charge in [-0.15, -0.1) is 13.2 Å². The second-order valence-electron chi connectivity index (χ2n) is 9.45. The molecule has 0 spiro atoms. The normalized spacial score (nSPS) is 13.5. The maximum absolute atomic E-state index is 13.8. The van der Waals surface area contributed by atoms with Gasteiger partial charge in [0.15, 0.2) is 11.9 Å². The van der Waals surface area contributed by atoms with Gasteiger partial charge in [0.05, 0.1) is 18.8 Å². The molecule has 0 saturated carbocycles. The second-order valence-corrected chi connectivity index (χ2v) is 9.45. The van der Waals surface area contributed by atoms with E-state index in [4.69, 9.17) is 9.47 Å². The number of benzene rings is 2. The van der Waals surface area contributed by atoms with Crippen molar-refractivity contribution in [2.24, 2.45) is 0 Å². The summed E-state index contributed by atoms with van der Waals surface area (Å²) < 4.78 is 174. The van der Waals surface area contributed by atoms with Crippen molar-refractivity contribution in [3.63, 3.8) is 0 Å². The van der Waals surface area contributed by atoms with Crippen molar-refractivity contribution in [1.82, 2.24) is 4.90 Å². The molecule has 0 aromatic heterocycles. The van der Waals surface area contributed by atoms with Gasteiger partial charge in [-0.3, -0.25) is 0 Å². The minimum atomic E-state index is -7.23. The van der Waals surface area contributed by atoms with Crippen molar-refractivity contribution in [3.05, 3.63) is 54.1 Å². The standard InChI is InChI=1S/C27H26F12N2O7/c1-2-45-20(21(42)43)15-16-7-9-17(10-8-16)46-13-11-41(22(44)40-18-5-3-4-6-19(18)48-27(37,38)39)12-14-47-26(35,36)24(30,31)23(28,29)25(32,33)34/h3-10,20H,2,11-15H2,1H3,(H,40,44)(H,42,43). The molecule has 2 rings (SSSR count). The number of halogens is 12. The molecular weight excluding hydrogens is 692 g/mol. The summed E-state index contributed by atoms with van der Waals surface area (Å²) in [6.07, 6.45) is -19.9. The van der Waals surface area contributed by atoms with Crippen LogP contribution in [0, 0.1) is 0 Å². The summed E-state index contributed by atoms with van der Waals surface area (Å²) in [6.45, 7) is -2.50. The molecule has 0 bridgehead atoms. The predicted molar refractivity (Wildman–Crippen MR) is 139 cm³/mol. The Morgan fingerprint density at radius 3 is 1.96 bits per heavy atom. The van der Waals surface area contributed by atoms with E-state index in [1.807, 2.05) is 5.32 Å². The van der Waals surface area contributed by atoms with Crippen LogP contribution in [-0.2, 0) is 20.7 Å². The van der Waals surface area contributed by atoms with Gasteiger partial charge in [0.2, 0.25) is 0 Å². The number of carbonyl (C=O) groups excluding carboxylic acids is 1. The van der Waals surface area contributed by atoms with E-state index in [9.17, 15) is 67.4 Å². The third-order valence-electron chi connectivity index (χ3n) is 6.02. The molecule has 0 heterocycles. The summed E-state index contributed by atoms with van der Waals surface area (Å²) in [7, 11) is 0. The van der Waals surface area contributed by atoms with Crippen molar-refractivity contribution >= 4 is 17.7 Å². The maximum Gasteiger partial charge on any atom is 0.573 e. The molecule has 0 aliphatic carbocycles. The van der Waals surface area contributed by atoms with Crippen molar-refractivity contribution in [1.29, 1.82) is 0 Å². The Hall–Kier alpha value is -4.14. The number of urea groups is 1. The minimum Gasteiger partial charge on any atom is -0.492 e. The average molecular weight is 718 g/mol. The summed E-state index contributed by atoms with van der Waals surface area (Å²) in [5.74, 6) is -16.4. The van der Waals surface area contributed by atoms with Crippen LogP contribution in [-0.4, -0.2) is 91.5 Å². The average Bonchev–Trinajstić information content (AvgIpc) is 2.96. The molecule has 1 unspecified atom stereocenters. The van der Waals surface area contributed by atoms with E-state index < -0.39 is 86.3 Å². The molecule has 9 nitrogen and oxygen atoms in total. The number of nitrogens with one attached hydrogen (secondary N) is 1. The van der Waals surface area contributed by atoms with E-state index in [1.165, 1.54) is 24.3 Å². The van der Waals surface area contributed by atoms with Gasteiger partial charge < -0.3 is 34.3 Å². The summed E-state index contributed by atoms with van der Waals surface area (Å²) in [4.78, 5) is 24.6. The monoisotopic (exact) mass is 718 g/mol. The van der Waals surface area contributed by atoms with Crippen molar-refractivity contribution in [2.75, 3.05) is 38.2 Å². The Balaban J connectivity index is 2.20. The fraction of sp³-hybridized carbons (Fsp3) is 0.481. The van der Waals surface area contributed by atoms with E-state index in [2.05, 4.69) is 9.47 Å². The number of aliphatic carboxylic acids is 1. The number of rotatable bonds is 17. The molecule has 21 heteroatoms. The molecule has 1 atom stereocenters. The van der Waals surface area contributed by atoms with Crippen molar-refractivity contribution < 1.29 is 86.3 Å². The molecule has 0 aliphatic heterocycles. The van der Waals surface area contributed by atoms with Gasteiger partial charge in [-0.25, -0.2) is 9.59 Å². The largest absolute Gasteiger partial charge is 0.573 e.